The van der Waals surface area contributed by atoms with Crippen LogP contribution in [-0.2, 0) is 0 Å². The van der Waals surface area contributed by atoms with Gasteiger partial charge in [-0.15, -0.1) is 0 Å². The van der Waals surface area contributed by atoms with Gasteiger partial charge in [-0.05, 0) is 60.4 Å². The van der Waals surface area contributed by atoms with Crippen LogP contribution in [0.15, 0.2) is 60.9 Å². The van der Waals surface area contributed by atoms with Crippen molar-refractivity contribution >= 4 is 0 Å². The summed E-state index contributed by atoms with van der Waals surface area (Å²) in [5.74, 6) is 2.09. The molecule has 3 aromatic rings. The second-order valence-electron chi connectivity index (χ2n) is 8.19. The number of benzene rings is 2. The fourth-order valence-electron chi connectivity index (χ4n) is 4.42. The Morgan fingerprint density at radius 3 is 2.48 bits per heavy atom. The minimum absolute atomic E-state index is 0.495. The van der Waals surface area contributed by atoms with Gasteiger partial charge in [0.05, 0.1) is 5.69 Å². The van der Waals surface area contributed by atoms with E-state index < -0.39 is 0 Å². The summed E-state index contributed by atoms with van der Waals surface area (Å²) >= 11 is 0. The van der Waals surface area contributed by atoms with E-state index in [1.165, 1.54) is 47.2 Å². The molecule has 2 aromatic carbocycles. The summed E-state index contributed by atoms with van der Waals surface area (Å²) in [6, 6.07) is 19.4. The van der Waals surface area contributed by atoms with Gasteiger partial charge < -0.3 is 0 Å². The molecule has 1 aliphatic carbocycles. The van der Waals surface area contributed by atoms with Crippen molar-refractivity contribution in [2.45, 2.75) is 46.0 Å². The van der Waals surface area contributed by atoms with E-state index in [0.717, 1.165) is 17.5 Å². The minimum atomic E-state index is 0.495. The molecule has 138 valence electrons. The first-order chi connectivity index (χ1) is 13.1. The molecular formula is C25H28N2. The van der Waals surface area contributed by atoms with Crippen molar-refractivity contribution in [2.75, 3.05) is 0 Å². The van der Waals surface area contributed by atoms with E-state index in [1.807, 2.05) is 0 Å². The molecule has 0 aliphatic heterocycles. The van der Waals surface area contributed by atoms with Crippen LogP contribution in [0.1, 0.15) is 50.3 Å². The van der Waals surface area contributed by atoms with Crippen molar-refractivity contribution in [1.29, 1.82) is 0 Å². The van der Waals surface area contributed by atoms with Crippen LogP contribution >= 0.6 is 0 Å². The predicted molar refractivity (Wildman–Crippen MR) is 113 cm³/mol. The first-order valence-corrected chi connectivity index (χ1v) is 10.1. The highest BCUT2D eigenvalue weighted by Crippen LogP contribution is 2.40. The molecule has 3 atom stereocenters. The van der Waals surface area contributed by atoms with Crippen LogP contribution in [0, 0.1) is 18.8 Å². The first kappa shape index (κ1) is 17.9. The fourth-order valence-corrected chi connectivity index (χ4v) is 4.42. The zero-order valence-corrected chi connectivity index (χ0v) is 16.5. The molecule has 27 heavy (non-hydrogen) atoms. The Labute approximate surface area is 162 Å². The molecule has 2 nitrogen and oxygen atoms in total. The van der Waals surface area contributed by atoms with Crippen molar-refractivity contribution in [3.05, 3.63) is 72.2 Å². The third-order valence-electron chi connectivity index (χ3n) is 6.22. The molecule has 4 rings (SSSR count). The Hall–Kier alpha value is -2.48. The molecule has 0 saturated heterocycles. The Morgan fingerprint density at radius 1 is 0.926 bits per heavy atom. The van der Waals surface area contributed by atoms with Gasteiger partial charge in [-0.25, -0.2) is 9.97 Å². The average molecular weight is 357 g/mol. The number of nitrogens with zero attached hydrogens (tertiary/aromatic N) is 2. The van der Waals surface area contributed by atoms with Crippen molar-refractivity contribution in [1.82, 2.24) is 9.97 Å². The van der Waals surface area contributed by atoms with Gasteiger partial charge in [0, 0.05) is 17.2 Å². The van der Waals surface area contributed by atoms with Crippen LogP contribution in [0.2, 0.25) is 0 Å². The van der Waals surface area contributed by atoms with E-state index >= 15 is 0 Å². The summed E-state index contributed by atoms with van der Waals surface area (Å²) in [7, 11) is 0. The quantitative estimate of drug-likeness (QED) is 0.522. The lowest BCUT2D eigenvalue weighted by Gasteiger charge is -2.19. The topological polar surface area (TPSA) is 25.8 Å². The molecule has 1 saturated carbocycles. The molecule has 0 spiro atoms. The lowest BCUT2D eigenvalue weighted by molar-refractivity contribution is 0.435. The summed E-state index contributed by atoms with van der Waals surface area (Å²) in [4.78, 5) is 9.25. The van der Waals surface area contributed by atoms with Gasteiger partial charge in [0.2, 0.25) is 0 Å². The molecule has 0 bridgehead atoms. The van der Waals surface area contributed by atoms with Gasteiger partial charge in [0.15, 0.2) is 0 Å². The predicted octanol–water partition coefficient (Wildman–Crippen LogP) is 6.66. The Morgan fingerprint density at radius 2 is 1.74 bits per heavy atom. The van der Waals surface area contributed by atoms with Crippen LogP contribution in [-0.4, -0.2) is 9.97 Å². The standard InChI is InChI=1S/C25H28N2/c1-17-9-11-21(13-17)19(3)24-15-25(27-16-26-24)23-14-22(12-10-18(23)2)20-7-5-4-6-8-20/h4-8,10,12,14-17,19,21H,9,11,13H2,1-3H3. The zero-order valence-electron chi connectivity index (χ0n) is 16.5. The summed E-state index contributed by atoms with van der Waals surface area (Å²) in [5.41, 5.74) is 7.14. The van der Waals surface area contributed by atoms with Crippen molar-refractivity contribution in [3.63, 3.8) is 0 Å². The molecule has 3 unspecified atom stereocenters. The summed E-state index contributed by atoms with van der Waals surface area (Å²) in [5, 5.41) is 0. The summed E-state index contributed by atoms with van der Waals surface area (Å²) in [6.07, 6.45) is 5.74. The van der Waals surface area contributed by atoms with E-state index in [-0.39, 0.29) is 0 Å². The van der Waals surface area contributed by atoms with Crippen molar-refractivity contribution < 1.29 is 0 Å². The highest BCUT2D eigenvalue weighted by molar-refractivity contribution is 5.73. The Bertz CT molecular complexity index is 917. The summed E-state index contributed by atoms with van der Waals surface area (Å²) < 4.78 is 0. The van der Waals surface area contributed by atoms with E-state index in [0.29, 0.717) is 5.92 Å². The van der Waals surface area contributed by atoms with Crippen molar-refractivity contribution in [2.24, 2.45) is 11.8 Å². The second-order valence-corrected chi connectivity index (χ2v) is 8.19. The summed E-state index contributed by atoms with van der Waals surface area (Å²) in [6.45, 7) is 6.87. The van der Waals surface area contributed by atoms with E-state index in [1.54, 1.807) is 6.33 Å². The van der Waals surface area contributed by atoms with E-state index in [2.05, 4.69) is 85.3 Å². The fraction of sp³-hybridized carbons (Fsp3) is 0.360. The number of aryl methyl sites for hydroxylation is 1. The highest BCUT2D eigenvalue weighted by atomic mass is 14.8. The monoisotopic (exact) mass is 356 g/mol. The van der Waals surface area contributed by atoms with E-state index in [9.17, 15) is 0 Å². The molecule has 1 aliphatic rings. The van der Waals surface area contributed by atoms with Crippen LogP contribution in [0.4, 0.5) is 0 Å². The number of aromatic nitrogens is 2. The van der Waals surface area contributed by atoms with Crippen molar-refractivity contribution in [3.8, 4) is 22.4 Å². The molecule has 0 radical (unpaired) electrons. The molecule has 1 fully saturated rings. The van der Waals surface area contributed by atoms with Crippen LogP contribution in [0.25, 0.3) is 22.4 Å². The van der Waals surface area contributed by atoms with Gasteiger partial charge in [-0.1, -0.05) is 62.7 Å². The number of hydrogen-bond acceptors (Lipinski definition) is 2. The Kier molecular flexibility index (Phi) is 5.07. The highest BCUT2D eigenvalue weighted by Gasteiger charge is 2.28. The first-order valence-electron chi connectivity index (χ1n) is 10.1. The lowest BCUT2D eigenvalue weighted by Crippen LogP contribution is -2.09. The minimum Gasteiger partial charge on any atom is -0.241 e. The SMILES string of the molecule is Cc1ccc(-c2ccccc2)cc1-c1cc(C(C)C2CCC(C)C2)ncn1. The van der Waals surface area contributed by atoms with Crippen LogP contribution in [0.5, 0.6) is 0 Å². The number of rotatable bonds is 4. The van der Waals surface area contributed by atoms with Crippen LogP contribution in [0.3, 0.4) is 0 Å². The maximum Gasteiger partial charge on any atom is 0.116 e. The third kappa shape index (κ3) is 3.80. The third-order valence-corrected chi connectivity index (χ3v) is 6.22. The number of hydrogen-bond donors (Lipinski definition) is 0. The second kappa shape index (κ2) is 7.64. The largest absolute Gasteiger partial charge is 0.241 e. The zero-order chi connectivity index (χ0) is 18.8. The molecular weight excluding hydrogens is 328 g/mol. The van der Waals surface area contributed by atoms with E-state index in [4.69, 9.17) is 0 Å². The maximum atomic E-state index is 4.63. The smallest absolute Gasteiger partial charge is 0.116 e. The molecule has 1 aromatic heterocycles. The van der Waals surface area contributed by atoms with Gasteiger partial charge >= 0.3 is 0 Å². The van der Waals surface area contributed by atoms with Gasteiger partial charge in [0.25, 0.3) is 0 Å². The van der Waals surface area contributed by atoms with Gasteiger partial charge in [-0.2, -0.15) is 0 Å². The normalized spacial score (nSPS) is 20.6. The van der Waals surface area contributed by atoms with Crippen LogP contribution < -0.4 is 0 Å². The Balaban J connectivity index is 1.67. The molecule has 1 heterocycles. The van der Waals surface area contributed by atoms with Gasteiger partial charge in [-0.3, -0.25) is 0 Å². The lowest BCUT2D eigenvalue weighted by atomic mass is 9.88. The molecule has 2 heteroatoms. The maximum absolute atomic E-state index is 4.63. The molecule has 0 N–H and O–H groups in total. The average Bonchev–Trinajstić information content (AvgIpc) is 3.15. The molecule has 0 amide bonds. The van der Waals surface area contributed by atoms with Gasteiger partial charge in [0.1, 0.15) is 6.33 Å².